The molecule has 0 aliphatic rings. The van der Waals surface area contributed by atoms with E-state index in [1.54, 1.807) is 35.8 Å². The Hall–Kier alpha value is -2.55. The van der Waals surface area contributed by atoms with Crippen molar-refractivity contribution in [3.63, 3.8) is 0 Å². The standard InChI is InChI=1S/C19H18N2O4S2/c1-21(27(23,24)18-11-7-13-26-18)14-17(22)25-19(15-8-3-2-4-9-15)16-10-5-6-12-20-16/h2-13,19H,14H2,1H3. The summed E-state index contributed by atoms with van der Waals surface area (Å²) in [4.78, 5) is 16.7. The highest BCUT2D eigenvalue weighted by atomic mass is 32.2. The zero-order chi connectivity index (χ0) is 19.3. The Morgan fingerprint density at radius 2 is 1.85 bits per heavy atom. The maximum atomic E-state index is 12.5. The molecule has 0 radical (unpaired) electrons. The highest BCUT2D eigenvalue weighted by Crippen LogP contribution is 2.25. The van der Waals surface area contributed by atoms with Crippen molar-refractivity contribution in [2.75, 3.05) is 13.6 Å². The first-order chi connectivity index (χ1) is 13.0. The molecular formula is C19H18N2O4S2. The van der Waals surface area contributed by atoms with E-state index in [4.69, 9.17) is 4.74 Å². The molecule has 0 saturated heterocycles. The third-order valence-electron chi connectivity index (χ3n) is 3.82. The largest absolute Gasteiger partial charge is 0.450 e. The molecule has 0 saturated carbocycles. The lowest BCUT2D eigenvalue weighted by atomic mass is 10.1. The van der Waals surface area contributed by atoms with E-state index in [2.05, 4.69) is 4.98 Å². The van der Waals surface area contributed by atoms with Gasteiger partial charge in [-0.25, -0.2) is 8.42 Å². The van der Waals surface area contributed by atoms with E-state index in [1.807, 2.05) is 30.3 Å². The van der Waals surface area contributed by atoms with Gasteiger partial charge in [0, 0.05) is 13.2 Å². The Bertz CT molecular complexity index is 936. The van der Waals surface area contributed by atoms with Gasteiger partial charge >= 0.3 is 5.97 Å². The molecule has 1 atom stereocenters. The summed E-state index contributed by atoms with van der Waals surface area (Å²) < 4.78 is 31.7. The topological polar surface area (TPSA) is 76.6 Å². The molecule has 3 rings (SSSR count). The van der Waals surface area contributed by atoms with E-state index >= 15 is 0 Å². The summed E-state index contributed by atoms with van der Waals surface area (Å²) >= 11 is 1.10. The molecule has 0 aliphatic heterocycles. The molecule has 8 heteroatoms. The molecule has 1 unspecified atom stereocenters. The summed E-state index contributed by atoms with van der Waals surface area (Å²) in [6.45, 7) is -0.392. The van der Waals surface area contributed by atoms with Crippen LogP contribution in [0.25, 0.3) is 0 Å². The van der Waals surface area contributed by atoms with Crippen LogP contribution in [-0.4, -0.2) is 37.3 Å². The minimum absolute atomic E-state index is 0.183. The number of sulfonamides is 1. The second-order valence-electron chi connectivity index (χ2n) is 5.73. The second kappa shape index (κ2) is 8.43. The zero-order valence-electron chi connectivity index (χ0n) is 14.6. The van der Waals surface area contributed by atoms with Crippen molar-refractivity contribution in [3.05, 3.63) is 83.5 Å². The molecule has 140 valence electrons. The van der Waals surface area contributed by atoms with E-state index < -0.39 is 28.6 Å². The van der Waals surface area contributed by atoms with Crippen molar-refractivity contribution >= 4 is 27.3 Å². The molecule has 0 amide bonds. The third-order valence-corrected chi connectivity index (χ3v) is 7.00. The molecule has 6 nitrogen and oxygen atoms in total. The number of hydrogen-bond acceptors (Lipinski definition) is 6. The molecular weight excluding hydrogens is 384 g/mol. The number of esters is 1. The number of pyridine rings is 1. The summed E-state index contributed by atoms with van der Waals surface area (Å²) in [6.07, 6.45) is 0.907. The number of hydrogen-bond donors (Lipinski definition) is 0. The number of thiophene rings is 1. The van der Waals surface area contributed by atoms with Gasteiger partial charge in [0.15, 0.2) is 6.10 Å². The lowest BCUT2D eigenvalue weighted by molar-refractivity contribution is -0.147. The van der Waals surface area contributed by atoms with Crippen LogP contribution in [-0.2, 0) is 19.6 Å². The number of carbonyl (C=O) groups excluding carboxylic acids is 1. The summed E-state index contributed by atoms with van der Waals surface area (Å²) in [5, 5.41) is 1.67. The molecule has 0 spiro atoms. The first-order valence-corrected chi connectivity index (χ1v) is 10.5. The Morgan fingerprint density at radius 1 is 1.11 bits per heavy atom. The third kappa shape index (κ3) is 4.60. The average Bonchev–Trinajstić information content (AvgIpc) is 3.23. The maximum Gasteiger partial charge on any atom is 0.322 e. The van der Waals surface area contributed by atoms with Gasteiger partial charge in [-0.1, -0.05) is 42.5 Å². The molecule has 27 heavy (non-hydrogen) atoms. The Balaban J connectivity index is 1.77. The predicted octanol–water partition coefficient (Wildman–Crippen LogP) is 3.10. The fourth-order valence-electron chi connectivity index (χ4n) is 2.46. The molecule has 2 aromatic heterocycles. The number of likely N-dealkylation sites (N-methyl/N-ethyl adjacent to an activating group) is 1. The van der Waals surface area contributed by atoms with E-state index in [-0.39, 0.29) is 4.21 Å². The Morgan fingerprint density at radius 3 is 2.48 bits per heavy atom. The van der Waals surface area contributed by atoms with E-state index in [1.165, 1.54) is 13.1 Å². The highest BCUT2D eigenvalue weighted by molar-refractivity contribution is 7.91. The number of carbonyl (C=O) groups is 1. The normalized spacial score (nSPS) is 12.7. The Kier molecular flexibility index (Phi) is 6.00. The van der Waals surface area contributed by atoms with Crippen molar-refractivity contribution in [1.29, 1.82) is 0 Å². The van der Waals surface area contributed by atoms with Gasteiger partial charge in [-0.2, -0.15) is 4.31 Å². The van der Waals surface area contributed by atoms with Crippen LogP contribution in [0.15, 0.2) is 76.4 Å². The fourth-order valence-corrected chi connectivity index (χ4v) is 4.77. The number of benzene rings is 1. The quantitative estimate of drug-likeness (QED) is 0.568. The molecule has 0 fully saturated rings. The number of aromatic nitrogens is 1. The fraction of sp³-hybridized carbons (Fsp3) is 0.158. The van der Waals surface area contributed by atoms with Gasteiger partial charge in [0.05, 0.1) is 5.69 Å². The second-order valence-corrected chi connectivity index (χ2v) is 8.95. The van der Waals surface area contributed by atoms with Gasteiger partial charge in [-0.05, 0) is 29.1 Å². The van der Waals surface area contributed by atoms with Crippen molar-refractivity contribution in [2.45, 2.75) is 10.3 Å². The summed E-state index contributed by atoms with van der Waals surface area (Å²) in [5.74, 6) is -0.655. The monoisotopic (exact) mass is 402 g/mol. The zero-order valence-corrected chi connectivity index (χ0v) is 16.2. The van der Waals surface area contributed by atoms with Crippen LogP contribution in [0.2, 0.25) is 0 Å². The van der Waals surface area contributed by atoms with Crippen molar-refractivity contribution < 1.29 is 17.9 Å². The average molecular weight is 402 g/mol. The summed E-state index contributed by atoms with van der Waals surface area (Å²) in [6, 6.07) is 17.7. The van der Waals surface area contributed by atoms with Crippen molar-refractivity contribution in [2.24, 2.45) is 0 Å². The molecule has 0 aliphatic carbocycles. The lowest BCUT2D eigenvalue weighted by Gasteiger charge is -2.20. The summed E-state index contributed by atoms with van der Waals surface area (Å²) in [7, 11) is -2.36. The van der Waals surface area contributed by atoms with Gasteiger partial charge in [0.1, 0.15) is 10.8 Å². The number of ether oxygens (including phenoxy) is 1. The molecule has 2 heterocycles. The minimum atomic E-state index is -3.72. The van der Waals surface area contributed by atoms with Crippen LogP contribution < -0.4 is 0 Å². The van der Waals surface area contributed by atoms with Crippen LogP contribution in [0.5, 0.6) is 0 Å². The SMILES string of the molecule is CN(CC(=O)OC(c1ccccc1)c1ccccn1)S(=O)(=O)c1cccs1. The van der Waals surface area contributed by atoms with Crippen LogP contribution in [0, 0.1) is 0 Å². The van der Waals surface area contributed by atoms with E-state index in [0.717, 1.165) is 21.2 Å². The van der Waals surface area contributed by atoms with Gasteiger partial charge in [-0.3, -0.25) is 9.78 Å². The smallest absolute Gasteiger partial charge is 0.322 e. The number of rotatable bonds is 7. The first-order valence-electron chi connectivity index (χ1n) is 8.13. The van der Waals surface area contributed by atoms with Gasteiger partial charge in [-0.15, -0.1) is 11.3 Å². The van der Waals surface area contributed by atoms with Crippen molar-refractivity contribution in [3.8, 4) is 0 Å². The Labute approximate surface area is 162 Å². The molecule has 1 aromatic carbocycles. The summed E-state index contributed by atoms with van der Waals surface area (Å²) in [5.41, 5.74) is 1.33. The molecule has 0 N–H and O–H groups in total. The first kappa shape index (κ1) is 19.2. The van der Waals surface area contributed by atoms with Gasteiger partial charge in [0.25, 0.3) is 10.0 Å². The predicted molar refractivity (Wildman–Crippen MR) is 103 cm³/mol. The van der Waals surface area contributed by atoms with Gasteiger partial charge in [0.2, 0.25) is 0 Å². The highest BCUT2D eigenvalue weighted by Gasteiger charge is 2.27. The lowest BCUT2D eigenvalue weighted by Crippen LogP contribution is -2.33. The van der Waals surface area contributed by atoms with Crippen LogP contribution >= 0.6 is 11.3 Å². The molecule has 3 aromatic rings. The van der Waals surface area contributed by atoms with Crippen molar-refractivity contribution in [1.82, 2.24) is 9.29 Å². The van der Waals surface area contributed by atoms with Crippen LogP contribution in [0.3, 0.4) is 0 Å². The minimum Gasteiger partial charge on any atom is -0.450 e. The van der Waals surface area contributed by atoms with Gasteiger partial charge < -0.3 is 4.74 Å². The van der Waals surface area contributed by atoms with E-state index in [0.29, 0.717) is 5.69 Å². The number of nitrogens with zero attached hydrogens (tertiary/aromatic N) is 2. The maximum absolute atomic E-state index is 12.5. The van der Waals surface area contributed by atoms with Crippen LogP contribution in [0.4, 0.5) is 0 Å². The van der Waals surface area contributed by atoms with E-state index in [9.17, 15) is 13.2 Å². The molecule has 0 bridgehead atoms. The van der Waals surface area contributed by atoms with Crippen LogP contribution in [0.1, 0.15) is 17.4 Å².